The number of halogens is 2. The number of pyridine rings is 2. The molecule has 0 N–H and O–H groups in total. The number of piperidine rings is 1. The van der Waals surface area contributed by atoms with Crippen LogP contribution in [0.1, 0.15) is 12.8 Å². The summed E-state index contributed by atoms with van der Waals surface area (Å²) in [6.45, 7) is 1.10. The van der Waals surface area contributed by atoms with Crippen LogP contribution in [0.2, 0.25) is 0 Å². The first-order valence-corrected chi connectivity index (χ1v) is 10.2. The Morgan fingerprint density at radius 2 is 1.61 bits per heavy atom. The van der Waals surface area contributed by atoms with E-state index in [-0.39, 0.29) is 5.78 Å². The summed E-state index contributed by atoms with van der Waals surface area (Å²) in [5.74, 6) is -1.06. The van der Waals surface area contributed by atoms with Crippen molar-refractivity contribution in [1.29, 1.82) is 0 Å². The molecule has 154 valence electrons. The van der Waals surface area contributed by atoms with Crippen LogP contribution in [0.15, 0.2) is 67.0 Å². The average molecular weight is 415 g/mol. The molecule has 4 nitrogen and oxygen atoms in total. The summed E-state index contributed by atoms with van der Waals surface area (Å²) in [6.07, 6.45) is 4.28. The van der Waals surface area contributed by atoms with E-state index in [0.717, 1.165) is 33.9 Å². The Hall–Kier alpha value is -3.67. The molecule has 0 radical (unpaired) electrons. The zero-order valence-corrected chi connectivity index (χ0v) is 16.7. The van der Waals surface area contributed by atoms with Crippen LogP contribution in [0, 0.1) is 11.6 Å². The van der Waals surface area contributed by atoms with Crippen LogP contribution in [0.4, 0.5) is 14.5 Å². The molecule has 4 aromatic rings. The number of carbonyl (C=O) groups is 1. The first kappa shape index (κ1) is 19.3. The van der Waals surface area contributed by atoms with Crippen LogP contribution < -0.4 is 4.90 Å². The second-order valence-corrected chi connectivity index (χ2v) is 7.65. The molecule has 0 spiro atoms. The summed E-state index contributed by atoms with van der Waals surface area (Å²) < 4.78 is 28.0. The monoisotopic (exact) mass is 415 g/mol. The van der Waals surface area contributed by atoms with Crippen molar-refractivity contribution in [1.82, 2.24) is 9.97 Å². The summed E-state index contributed by atoms with van der Waals surface area (Å²) in [5.41, 5.74) is 4.41. The van der Waals surface area contributed by atoms with Gasteiger partial charge in [-0.3, -0.25) is 14.8 Å². The molecule has 31 heavy (non-hydrogen) atoms. The third kappa shape index (κ3) is 3.77. The number of anilines is 1. The van der Waals surface area contributed by atoms with Crippen molar-refractivity contribution in [3.05, 3.63) is 78.6 Å². The van der Waals surface area contributed by atoms with Gasteiger partial charge in [0, 0.05) is 60.9 Å². The molecule has 0 unspecified atom stereocenters. The van der Waals surface area contributed by atoms with Crippen LogP contribution >= 0.6 is 0 Å². The minimum absolute atomic E-state index is 0.224. The molecule has 0 aliphatic carbocycles. The number of aromatic nitrogens is 2. The van der Waals surface area contributed by atoms with Gasteiger partial charge in [0.05, 0.1) is 16.9 Å². The van der Waals surface area contributed by atoms with Crippen molar-refractivity contribution < 1.29 is 13.6 Å². The largest absolute Gasteiger partial charge is 0.370 e. The van der Waals surface area contributed by atoms with Crippen molar-refractivity contribution in [3.8, 4) is 22.4 Å². The van der Waals surface area contributed by atoms with Crippen LogP contribution in [0.25, 0.3) is 33.3 Å². The molecule has 0 atom stereocenters. The minimum Gasteiger partial charge on any atom is -0.370 e. The number of nitrogens with zero attached hydrogens (tertiary/aromatic N) is 3. The van der Waals surface area contributed by atoms with Crippen molar-refractivity contribution in [3.63, 3.8) is 0 Å². The van der Waals surface area contributed by atoms with Crippen molar-refractivity contribution >= 4 is 22.4 Å². The molecule has 0 amide bonds. The highest BCUT2D eigenvalue weighted by atomic mass is 19.1. The summed E-state index contributed by atoms with van der Waals surface area (Å²) in [4.78, 5) is 23.0. The summed E-state index contributed by atoms with van der Waals surface area (Å²) in [7, 11) is 0. The Bertz CT molecular complexity index is 1260. The standard InChI is InChI=1S/C25H19F2N3O/c26-18-11-17(12-19(27)14-18)22-15-29-24-5-4-16(23-3-1-2-8-28-23)13-21(24)25(22)30-9-6-20(31)7-10-30/h1-5,8,11-15H,6-7,9-10H2. The number of benzene rings is 2. The fourth-order valence-electron chi connectivity index (χ4n) is 4.11. The third-order valence-corrected chi connectivity index (χ3v) is 5.61. The van der Waals surface area contributed by atoms with Crippen molar-refractivity contribution in [2.45, 2.75) is 12.8 Å². The number of hydrogen-bond donors (Lipinski definition) is 0. The van der Waals surface area contributed by atoms with Gasteiger partial charge < -0.3 is 4.90 Å². The summed E-state index contributed by atoms with van der Waals surface area (Å²) in [5, 5.41) is 0.861. The number of ketones is 1. The lowest BCUT2D eigenvalue weighted by molar-refractivity contribution is -0.119. The molecule has 0 bridgehead atoms. The van der Waals surface area contributed by atoms with Gasteiger partial charge in [-0.2, -0.15) is 0 Å². The number of rotatable bonds is 3. The van der Waals surface area contributed by atoms with E-state index in [4.69, 9.17) is 0 Å². The number of fused-ring (bicyclic) bond motifs is 1. The molecule has 5 rings (SSSR count). The van der Waals surface area contributed by atoms with Gasteiger partial charge in [0.25, 0.3) is 0 Å². The Morgan fingerprint density at radius 1 is 0.839 bits per heavy atom. The van der Waals surface area contributed by atoms with E-state index in [2.05, 4.69) is 14.9 Å². The zero-order valence-electron chi connectivity index (χ0n) is 16.7. The molecule has 6 heteroatoms. The number of hydrogen-bond acceptors (Lipinski definition) is 4. The lowest BCUT2D eigenvalue weighted by atomic mass is 9.97. The maximum atomic E-state index is 14.0. The van der Waals surface area contributed by atoms with Gasteiger partial charge in [-0.25, -0.2) is 8.78 Å². The third-order valence-electron chi connectivity index (χ3n) is 5.61. The molecule has 1 aliphatic rings. The van der Waals surface area contributed by atoms with E-state index in [9.17, 15) is 13.6 Å². The SMILES string of the molecule is O=C1CCN(c2c(-c3cc(F)cc(F)c3)cnc3ccc(-c4ccccn4)cc23)CC1. The second kappa shape index (κ2) is 7.87. The number of Topliss-reactive ketones (excluding diaryl/α,β-unsaturated/α-hetero) is 1. The molecule has 3 heterocycles. The second-order valence-electron chi connectivity index (χ2n) is 7.65. The summed E-state index contributed by atoms with van der Waals surface area (Å²) >= 11 is 0. The molecule has 1 aliphatic heterocycles. The van der Waals surface area contributed by atoms with E-state index in [1.807, 2.05) is 36.4 Å². The first-order chi connectivity index (χ1) is 15.1. The van der Waals surface area contributed by atoms with Crippen LogP contribution in [-0.4, -0.2) is 28.8 Å². The predicted molar refractivity (Wildman–Crippen MR) is 117 cm³/mol. The molecule has 0 saturated carbocycles. The molecule has 1 fully saturated rings. The molecule has 1 saturated heterocycles. The highest BCUT2D eigenvalue weighted by Gasteiger charge is 2.23. The first-order valence-electron chi connectivity index (χ1n) is 10.2. The fourth-order valence-corrected chi connectivity index (χ4v) is 4.11. The minimum atomic E-state index is -0.642. The van der Waals surface area contributed by atoms with Crippen molar-refractivity contribution in [2.24, 2.45) is 0 Å². The highest BCUT2D eigenvalue weighted by Crippen LogP contribution is 2.39. The topological polar surface area (TPSA) is 46.1 Å². The molecular formula is C25H19F2N3O. The predicted octanol–water partition coefficient (Wildman–Crippen LogP) is 5.41. The van der Waals surface area contributed by atoms with E-state index in [1.54, 1.807) is 12.4 Å². The zero-order chi connectivity index (χ0) is 21.4. The lowest BCUT2D eigenvalue weighted by Crippen LogP contribution is -2.34. The molecular weight excluding hydrogens is 396 g/mol. The van der Waals surface area contributed by atoms with E-state index < -0.39 is 11.6 Å². The Labute approximate surface area is 178 Å². The van der Waals surface area contributed by atoms with Gasteiger partial charge in [-0.1, -0.05) is 12.1 Å². The Balaban J connectivity index is 1.75. The normalized spacial score (nSPS) is 14.3. The Morgan fingerprint density at radius 3 is 2.32 bits per heavy atom. The van der Waals surface area contributed by atoms with Crippen LogP contribution in [0.5, 0.6) is 0 Å². The van der Waals surface area contributed by atoms with Crippen LogP contribution in [0.3, 0.4) is 0 Å². The maximum absolute atomic E-state index is 14.0. The molecule has 2 aromatic carbocycles. The number of carbonyl (C=O) groups excluding carboxylic acids is 1. The lowest BCUT2D eigenvalue weighted by Gasteiger charge is -2.31. The van der Waals surface area contributed by atoms with Crippen LogP contribution in [-0.2, 0) is 4.79 Å². The van der Waals surface area contributed by atoms with Gasteiger partial charge >= 0.3 is 0 Å². The van der Waals surface area contributed by atoms with Gasteiger partial charge in [-0.05, 0) is 42.0 Å². The fraction of sp³-hybridized carbons (Fsp3) is 0.160. The Kier molecular flexibility index (Phi) is 4.90. The van der Waals surface area contributed by atoms with E-state index >= 15 is 0 Å². The smallest absolute Gasteiger partial charge is 0.136 e. The van der Waals surface area contributed by atoms with E-state index in [0.29, 0.717) is 37.1 Å². The molecule has 2 aromatic heterocycles. The maximum Gasteiger partial charge on any atom is 0.136 e. The van der Waals surface area contributed by atoms with Gasteiger partial charge in [-0.15, -0.1) is 0 Å². The summed E-state index contributed by atoms with van der Waals surface area (Å²) in [6, 6.07) is 15.1. The highest BCUT2D eigenvalue weighted by molar-refractivity contribution is 6.02. The van der Waals surface area contributed by atoms with Gasteiger partial charge in [0.2, 0.25) is 0 Å². The van der Waals surface area contributed by atoms with E-state index in [1.165, 1.54) is 12.1 Å². The van der Waals surface area contributed by atoms with Gasteiger partial charge in [0.15, 0.2) is 0 Å². The average Bonchev–Trinajstić information content (AvgIpc) is 2.78. The quantitative estimate of drug-likeness (QED) is 0.449. The van der Waals surface area contributed by atoms with Crippen molar-refractivity contribution in [2.75, 3.05) is 18.0 Å². The van der Waals surface area contributed by atoms with Gasteiger partial charge in [0.1, 0.15) is 17.4 Å².